The van der Waals surface area contributed by atoms with E-state index in [-0.39, 0.29) is 17.5 Å². The molecular formula is C15H20F3N3O2. The molecule has 0 aromatic carbocycles. The molecule has 8 heteroatoms. The van der Waals surface area contributed by atoms with Crippen LogP contribution >= 0.6 is 0 Å². The third-order valence-electron chi connectivity index (χ3n) is 4.75. The van der Waals surface area contributed by atoms with E-state index in [4.69, 9.17) is 9.47 Å². The first-order valence-electron chi connectivity index (χ1n) is 7.73. The van der Waals surface area contributed by atoms with Crippen molar-refractivity contribution >= 4 is 0 Å². The molecule has 2 fully saturated rings. The van der Waals surface area contributed by atoms with Crippen molar-refractivity contribution in [2.45, 2.75) is 43.4 Å². The van der Waals surface area contributed by atoms with Crippen molar-refractivity contribution in [3.8, 4) is 5.88 Å². The third kappa shape index (κ3) is 3.28. The van der Waals surface area contributed by atoms with Crippen LogP contribution in [0.15, 0.2) is 12.3 Å². The zero-order chi connectivity index (χ0) is 16.5. The normalized spacial score (nSPS) is 28.1. The van der Waals surface area contributed by atoms with Crippen LogP contribution in [-0.2, 0) is 10.9 Å². The van der Waals surface area contributed by atoms with Crippen molar-refractivity contribution in [1.82, 2.24) is 14.9 Å². The van der Waals surface area contributed by atoms with E-state index >= 15 is 0 Å². The third-order valence-corrected chi connectivity index (χ3v) is 4.75. The van der Waals surface area contributed by atoms with Crippen LogP contribution in [0.25, 0.3) is 0 Å². The summed E-state index contributed by atoms with van der Waals surface area (Å²) in [5.74, 6) is -1.20. The van der Waals surface area contributed by atoms with Crippen molar-refractivity contribution in [3.05, 3.63) is 18.1 Å². The Morgan fingerprint density at radius 3 is 2.96 bits per heavy atom. The van der Waals surface area contributed by atoms with Crippen LogP contribution in [0.5, 0.6) is 5.88 Å². The lowest BCUT2D eigenvalue weighted by Crippen LogP contribution is -2.47. The fraction of sp³-hybridized carbons (Fsp3) is 0.733. The van der Waals surface area contributed by atoms with Gasteiger partial charge in [0.15, 0.2) is 0 Å². The Kier molecular flexibility index (Phi) is 4.46. The molecule has 2 saturated heterocycles. The molecule has 1 aromatic rings. The van der Waals surface area contributed by atoms with Crippen molar-refractivity contribution in [2.75, 3.05) is 26.9 Å². The molecular weight excluding hydrogens is 311 g/mol. The highest BCUT2D eigenvalue weighted by Gasteiger charge is 2.49. The minimum Gasteiger partial charge on any atom is -0.476 e. The second-order valence-electron chi connectivity index (χ2n) is 6.17. The molecule has 0 saturated carbocycles. The standard InChI is InChI=1S/C15H20F3N3O2/c1-22-10-14-5-2-8-21(14)11(3-6-14)9-23-12-4-7-19-13(20-12)15(16,17)18/h4,7,11H,2-3,5-6,8-10H2,1H3/t11-,14-/m0/s1. The summed E-state index contributed by atoms with van der Waals surface area (Å²) in [5, 5.41) is 0. The molecule has 0 aliphatic carbocycles. The monoisotopic (exact) mass is 331 g/mol. The quantitative estimate of drug-likeness (QED) is 0.830. The maximum atomic E-state index is 12.6. The van der Waals surface area contributed by atoms with E-state index in [1.165, 1.54) is 6.07 Å². The molecule has 3 rings (SSSR count). The second-order valence-corrected chi connectivity index (χ2v) is 6.17. The van der Waals surface area contributed by atoms with Crippen molar-refractivity contribution in [1.29, 1.82) is 0 Å². The Morgan fingerprint density at radius 1 is 1.39 bits per heavy atom. The fourth-order valence-electron chi connectivity index (χ4n) is 3.80. The van der Waals surface area contributed by atoms with Gasteiger partial charge in [-0.2, -0.15) is 18.2 Å². The summed E-state index contributed by atoms with van der Waals surface area (Å²) < 4.78 is 48.7. The van der Waals surface area contributed by atoms with Gasteiger partial charge in [-0.05, 0) is 32.2 Å². The van der Waals surface area contributed by atoms with Gasteiger partial charge in [0.25, 0.3) is 0 Å². The fourth-order valence-corrected chi connectivity index (χ4v) is 3.80. The van der Waals surface area contributed by atoms with Crippen LogP contribution in [0, 0.1) is 0 Å². The molecule has 2 atom stereocenters. The lowest BCUT2D eigenvalue weighted by atomic mass is 9.95. The first-order chi connectivity index (χ1) is 10.9. The largest absolute Gasteiger partial charge is 0.476 e. The van der Waals surface area contributed by atoms with Gasteiger partial charge in [0, 0.05) is 31.0 Å². The maximum Gasteiger partial charge on any atom is 0.451 e. The minimum atomic E-state index is -4.56. The number of methoxy groups -OCH3 is 1. The molecule has 0 spiro atoms. The van der Waals surface area contributed by atoms with Gasteiger partial charge in [0.05, 0.1) is 6.61 Å². The van der Waals surface area contributed by atoms with E-state index in [1.54, 1.807) is 7.11 Å². The Balaban J connectivity index is 1.63. The van der Waals surface area contributed by atoms with Crippen molar-refractivity contribution in [3.63, 3.8) is 0 Å². The average molecular weight is 331 g/mol. The number of hydrogen-bond donors (Lipinski definition) is 0. The van der Waals surface area contributed by atoms with Gasteiger partial charge in [-0.25, -0.2) is 4.98 Å². The summed E-state index contributed by atoms with van der Waals surface area (Å²) in [5.41, 5.74) is 0.0750. The average Bonchev–Trinajstić information content (AvgIpc) is 3.04. The maximum absolute atomic E-state index is 12.6. The highest BCUT2D eigenvalue weighted by atomic mass is 19.4. The topological polar surface area (TPSA) is 47.5 Å². The number of halogens is 3. The van der Waals surface area contributed by atoms with Crippen molar-refractivity contribution in [2.24, 2.45) is 0 Å². The summed E-state index contributed by atoms with van der Waals surface area (Å²) in [4.78, 5) is 9.07. The van der Waals surface area contributed by atoms with Crippen LogP contribution in [0.4, 0.5) is 13.2 Å². The lowest BCUT2D eigenvalue weighted by molar-refractivity contribution is -0.145. The summed E-state index contributed by atoms with van der Waals surface area (Å²) in [6, 6.07) is 1.55. The first-order valence-corrected chi connectivity index (χ1v) is 7.73. The van der Waals surface area contributed by atoms with Gasteiger partial charge < -0.3 is 9.47 Å². The van der Waals surface area contributed by atoms with Crippen LogP contribution in [-0.4, -0.2) is 53.3 Å². The Bertz CT molecular complexity index is 555. The van der Waals surface area contributed by atoms with E-state index in [0.29, 0.717) is 13.2 Å². The second kappa shape index (κ2) is 6.24. The van der Waals surface area contributed by atoms with E-state index in [1.807, 2.05) is 0 Å². The summed E-state index contributed by atoms with van der Waals surface area (Å²) in [7, 11) is 1.70. The molecule has 0 radical (unpaired) electrons. The molecule has 0 N–H and O–H groups in total. The Labute approximate surface area is 132 Å². The lowest BCUT2D eigenvalue weighted by Gasteiger charge is -2.34. The molecule has 0 bridgehead atoms. The summed E-state index contributed by atoms with van der Waals surface area (Å²) in [6.07, 6.45) is 0.724. The van der Waals surface area contributed by atoms with Crippen LogP contribution in [0.1, 0.15) is 31.5 Å². The predicted octanol–water partition coefficient (Wildman–Crippen LogP) is 2.52. The number of hydrogen-bond acceptors (Lipinski definition) is 5. The molecule has 0 amide bonds. The highest BCUT2D eigenvalue weighted by molar-refractivity contribution is 5.11. The molecule has 3 heterocycles. The first kappa shape index (κ1) is 16.4. The van der Waals surface area contributed by atoms with Gasteiger partial charge in [0.1, 0.15) is 6.61 Å². The number of nitrogens with zero attached hydrogens (tertiary/aromatic N) is 3. The van der Waals surface area contributed by atoms with E-state index in [9.17, 15) is 13.2 Å². The number of rotatable bonds is 5. The highest BCUT2D eigenvalue weighted by Crippen LogP contribution is 2.42. The smallest absolute Gasteiger partial charge is 0.451 e. The van der Waals surface area contributed by atoms with Crippen LogP contribution in [0.3, 0.4) is 0 Å². The van der Waals surface area contributed by atoms with Gasteiger partial charge >= 0.3 is 6.18 Å². The zero-order valence-corrected chi connectivity index (χ0v) is 13.0. The molecule has 0 unspecified atom stereocenters. The van der Waals surface area contributed by atoms with Gasteiger partial charge in [0.2, 0.25) is 11.7 Å². The zero-order valence-electron chi connectivity index (χ0n) is 13.0. The van der Waals surface area contributed by atoms with E-state index < -0.39 is 12.0 Å². The predicted molar refractivity (Wildman–Crippen MR) is 76.1 cm³/mol. The van der Waals surface area contributed by atoms with Gasteiger partial charge in [-0.1, -0.05) is 0 Å². The van der Waals surface area contributed by atoms with Gasteiger partial charge in [-0.3, -0.25) is 4.90 Å². The molecule has 1 aromatic heterocycles. The molecule has 23 heavy (non-hydrogen) atoms. The SMILES string of the molecule is COC[C@@]12CCCN1[C@H](COc1ccnc(C(F)(F)F)n1)CC2. The van der Waals surface area contributed by atoms with E-state index in [0.717, 1.165) is 38.4 Å². The number of alkyl halides is 3. The Morgan fingerprint density at radius 2 is 2.22 bits per heavy atom. The molecule has 128 valence electrons. The molecule has 2 aliphatic rings. The van der Waals surface area contributed by atoms with Crippen molar-refractivity contribution < 1.29 is 22.6 Å². The molecule has 2 aliphatic heterocycles. The van der Waals surface area contributed by atoms with Gasteiger partial charge in [-0.15, -0.1) is 0 Å². The summed E-state index contributed by atoms with van der Waals surface area (Å²) in [6.45, 7) is 2.00. The van der Waals surface area contributed by atoms with Crippen LogP contribution in [0.2, 0.25) is 0 Å². The number of aromatic nitrogens is 2. The number of fused-ring (bicyclic) bond motifs is 1. The van der Waals surface area contributed by atoms with Crippen LogP contribution < -0.4 is 4.74 Å². The summed E-state index contributed by atoms with van der Waals surface area (Å²) >= 11 is 0. The Hall–Kier alpha value is -1.41. The minimum absolute atomic E-state index is 0.0317. The van der Waals surface area contributed by atoms with E-state index in [2.05, 4.69) is 14.9 Å². The number of ether oxygens (including phenoxy) is 2. The molecule has 5 nitrogen and oxygen atoms in total.